The molecular formula is C11H18N6O3S. The van der Waals surface area contributed by atoms with Crippen LogP contribution in [-0.4, -0.2) is 66.1 Å². The summed E-state index contributed by atoms with van der Waals surface area (Å²) < 4.78 is 26.3. The smallest absolute Gasteiger partial charge is 0.317 e. The van der Waals surface area contributed by atoms with Gasteiger partial charge in [-0.15, -0.1) is 0 Å². The summed E-state index contributed by atoms with van der Waals surface area (Å²) in [6.45, 7) is 2.09. The first-order valence-corrected chi connectivity index (χ1v) is 8.27. The summed E-state index contributed by atoms with van der Waals surface area (Å²) in [5.41, 5.74) is 5.59. The molecule has 116 valence electrons. The number of aromatic amines is 1. The number of sulfonamides is 1. The SMILES string of the molecule is Nc1[nH]ncc1S(=O)(=O)N1CCC(N2CCNC2=O)CC1. The minimum atomic E-state index is -3.61. The summed E-state index contributed by atoms with van der Waals surface area (Å²) in [6, 6.07) is 0.0380. The number of nitrogens with zero attached hydrogens (tertiary/aromatic N) is 3. The number of nitrogens with two attached hydrogens (primary N) is 1. The van der Waals surface area contributed by atoms with Crippen LogP contribution in [0.2, 0.25) is 0 Å². The Morgan fingerprint density at radius 3 is 2.52 bits per heavy atom. The second-order valence-corrected chi connectivity index (χ2v) is 7.11. The molecule has 10 heteroatoms. The first-order valence-electron chi connectivity index (χ1n) is 6.83. The zero-order chi connectivity index (χ0) is 15.0. The molecule has 0 unspecified atom stereocenters. The third kappa shape index (κ3) is 2.44. The van der Waals surface area contributed by atoms with Gasteiger partial charge in [-0.1, -0.05) is 0 Å². The maximum atomic E-state index is 12.5. The fourth-order valence-corrected chi connectivity index (χ4v) is 4.34. The number of anilines is 1. The maximum Gasteiger partial charge on any atom is 0.317 e. The van der Waals surface area contributed by atoms with Crippen molar-refractivity contribution in [2.24, 2.45) is 0 Å². The van der Waals surface area contributed by atoms with Gasteiger partial charge in [-0.2, -0.15) is 9.40 Å². The van der Waals surface area contributed by atoms with Crippen molar-refractivity contribution in [2.75, 3.05) is 31.9 Å². The molecular weight excluding hydrogens is 296 g/mol. The van der Waals surface area contributed by atoms with Crippen LogP contribution in [0, 0.1) is 0 Å². The summed E-state index contributed by atoms with van der Waals surface area (Å²) in [7, 11) is -3.61. The van der Waals surface area contributed by atoms with Gasteiger partial charge in [0.2, 0.25) is 10.0 Å². The van der Waals surface area contributed by atoms with Crippen molar-refractivity contribution < 1.29 is 13.2 Å². The molecule has 2 saturated heterocycles. The predicted molar refractivity (Wildman–Crippen MR) is 74.9 cm³/mol. The van der Waals surface area contributed by atoms with Crippen LogP contribution in [0.1, 0.15) is 12.8 Å². The van der Waals surface area contributed by atoms with Crippen LogP contribution in [0.25, 0.3) is 0 Å². The summed E-state index contributed by atoms with van der Waals surface area (Å²) in [5, 5.41) is 8.85. The number of amides is 2. The van der Waals surface area contributed by atoms with Crippen molar-refractivity contribution in [3.63, 3.8) is 0 Å². The first-order chi connectivity index (χ1) is 10.00. The second-order valence-electron chi connectivity index (χ2n) is 5.21. The Hall–Kier alpha value is -1.81. The van der Waals surface area contributed by atoms with Gasteiger partial charge in [0.1, 0.15) is 10.7 Å². The molecule has 2 aliphatic rings. The van der Waals surface area contributed by atoms with Gasteiger partial charge in [-0.05, 0) is 12.8 Å². The summed E-state index contributed by atoms with van der Waals surface area (Å²) >= 11 is 0. The number of urea groups is 1. The van der Waals surface area contributed by atoms with Crippen LogP contribution in [0.3, 0.4) is 0 Å². The van der Waals surface area contributed by atoms with Gasteiger partial charge >= 0.3 is 6.03 Å². The normalized spacial score (nSPS) is 21.7. The molecule has 0 spiro atoms. The highest BCUT2D eigenvalue weighted by atomic mass is 32.2. The lowest BCUT2D eigenvalue weighted by molar-refractivity contribution is 0.167. The molecule has 0 saturated carbocycles. The lowest BCUT2D eigenvalue weighted by Crippen LogP contribution is -2.47. The van der Waals surface area contributed by atoms with Crippen molar-refractivity contribution >= 4 is 21.9 Å². The highest BCUT2D eigenvalue weighted by molar-refractivity contribution is 7.89. The van der Waals surface area contributed by atoms with Gasteiger partial charge in [-0.25, -0.2) is 13.2 Å². The Kier molecular flexibility index (Phi) is 3.49. The molecule has 3 rings (SSSR count). The van der Waals surface area contributed by atoms with E-state index in [0.29, 0.717) is 39.0 Å². The van der Waals surface area contributed by atoms with Gasteiger partial charge in [0.05, 0.1) is 6.20 Å². The van der Waals surface area contributed by atoms with E-state index >= 15 is 0 Å². The van der Waals surface area contributed by atoms with Gasteiger partial charge in [0, 0.05) is 32.2 Å². The number of carbonyl (C=O) groups excluding carboxylic acids is 1. The van der Waals surface area contributed by atoms with E-state index in [1.807, 2.05) is 0 Å². The van der Waals surface area contributed by atoms with E-state index in [-0.39, 0.29) is 22.8 Å². The largest absolute Gasteiger partial charge is 0.383 e. The van der Waals surface area contributed by atoms with E-state index in [4.69, 9.17) is 5.73 Å². The molecule has 0 bridgehead atoms. The van der Waals surface area contributed by atoms with Gasteiger partial charge in [0.25, 0.3) is 0 Å². The average molecular weight is 314 g/mol. The molecule has 2 aliphatic heterocycles. The molecule has 1 aromatic rings. The van der Waals surface area contributed by atoms with Crippen LogP contribution in [-0.2, 0) is 10.0 Å². The van der Waals surface area contributed by atoms with Crippen LogP contribution >= 0.6 is 0 Å². The molecule has 0 aromatic carbocycles. The van der Waals surface area contributed by atoms with Crippen molar-refractivity contribution in [2.45, 2.75) is 23.8 Å². The van der Waals surface area contributed by atoms with Crippen molar-refractivity contribution in [1.29, 1.82) is 0 Å². The summed E-state index contributed by atoms with van der Waals surface area (Å²) in [5.74, 6) is 0.0519. The van der Waals surface area contributed by atoms with E-state index in [0.717, 1.165) is 0 Å². The molecule has 3 heterocycles. The number of carbonyl (C=O) groups is 1. The average Bonchev–Trinajstić information content (AvgIpc) is 3.08. The minimum Gasteiger partial charge on any atom is -0.383 e. The third-order valence-corrected chi connectivity index (χ3v) is 5.93. The van der Waals surface area contributed by atoms with E-state index in [1.165, 1.54) is 10.5 Å². The Bertz CT molecular complexity index is 634. The third-order valence-electron chi connectivity index (χ3n) is 4.00. The van der Waals surface area contributed by atoms with Crippen LogP contribution < -0.4 is 11.1 Å². The number of piperidine rings is 1. The number of aromatic nitrogens is 2. The quantitative estimate of drug-likeness (QED) is 0.671. The Labute approximate surface area is 122 Å². The number of hydrogen-bond donors (Lipinski definition) is 3. The highest BCUT2D eigenvalue weighted by Gasteiger charge is 2.35. The number of hydrogen-bond acceptors (Lipinski definition) is 5. The van der Waals surface area contributed by atoms with E-state index in [9.17, 15) is 13.2 Å². The molecule has 0 atom stereocenters. The van der Waals surface area contributed by atoms with E-state index in [2.05, 4.69) is 15.5 Å². The number of rotatable bonds is 3. The zero-order valence-electron chi connectivity index (χ0n) is 11.4. The molecule has 4 N–H and O–H groups in total. The molecule has 0 aliphatic carbocycles. The first kappa shape index (κ1) is 14.1. The maximum absolute atomic E-state index is 12.5. The number of nitrogens with one attached hydrogen (secondary N) is 2. The van der Waals surface area contributed by atoms with Gasteiger partial charge in [0.15, 0.2) is 0 Å². The fraction of sp³-hybridized carbons (Fsp3) is 0.636. The van der Waals surface area contributed by atoms with E-state index < -0.39 is 10.0 Å². The van der Waals surface area contributed by atoms with Gasteiger partial charge in [-0.3, -0.25) is 5.10 Å². The molecule has 0 radical (unpaired) electrons. The Balaban J connectivity index is 1.68. The lowest BCUT2D eigenvalue weighted by Gasteiger charge is -2.35. The second kappa shape index (κ2) is 5.19. The topological polar surface area (TPSA) is 124 Å². The monoisotopic (exact) mass is 314 g/mol. The molecule has 21 heavy (non-hydrogen) atoms. The number of nitrogen functional groups attached to an aromatic ring is 1. The standard InChI is InChI=1S/C11H18N6O3S/c12-10-9(7-14-15-10)21(19,20)16-4-1-8(2-5-16)17-6-3-13-11(17)18/h7-8H,1-6H2,(H,13,18)(H3,12,14,15). The molecule has 9 nitrogen and oxygen atoms in total. The Morgan fingerprint density at radius 2 is 2.00 bits per heavy atom. The van der Waals surface area contributed by atoms with E-state index in [1.54, 1.807) is 4.90 Å². The fourth-order valence-electron chi connectivity index (χ4n) is 2.86. The molecule has 1 aromatic heterocycles. The van der Waals surface area contributed by atoms with Crippen LogP contribution in [0.15, 0.2) is 11.1 Å². The van der Waals surface area contributed by atoms with Gasteiger partial charge < -0.3 is 16.0 Å². The highest BCUT2D eigenvalue weighted by Crippen LogP contribution is 2.25. The molecule has 2 amide bonds. The number of H-pyrrole nitrogens is 1. The van der Waals surface area contributed by atoms with Crippen molar-refractivity contribution in [3.8, 4) is 0 Å². The van der Waals surface area contributed by atoms with Crippen molar-refractivity contribution in [1.82, 2.24) is 24.7 Å². The predicted octanol–water partition coefficient (Wildman–Crippen LogP) is -0.830. The Morgan fingerprint density at radius 1 is 1.29 bits per heavy atom. The zero-order valence-corrected chi connectivity index (χ0v) is 12.3. The minimum absolute atomic E-state index is 0.0138. The lowest BCUT2D eigenvalue weighted by atomic mass is 10.1. The molecule has 2 fully saturated rings. The van der Waals surface area contributed by atoms with Crippen LogP contribution in [0.5, 0.6) is 0 Å². The summed E-state index contributed by atoms with van der Waals surface area (Å²) in [6.07, 6.45) is 2.49. The van der Waals surface area contributed by atoms with Crippen molar-refractivity contribution in [3.05, 3.63) is 6.20 Å². The summed E-state index contributed by atoms with van der Waals surface area (Å²) in [4.78, 5) is 13.4. The van der Waals surface area contributed by atoms with Crippen LogP contribution in [0.4, 0.5) is 10.6 Å².